The van der Waals surface area contributed by atoms with Gasteiger partial charge >= 0.3 is 0 Å². The third-order valence-corrected chi connectivity index (χ3v) is 4.39. The van der Waals surface area contributed by atoms with Crippen LogP contribution in [0.2, 0.25) is 0 Å². The van der Waals surface area contributed by atoms with E-state index in [4.69, 9.17) is 4.74 Å². The maximum atomic E-state index is 14.9. The number of benzene rings is 1. The molecule has 0 bridgehead atoms. The number of fused-ring (bicyclic) bond motifs is 1. The molecule has 0 radical (unpaired) electrons. The Morgan fingerprint density at radius 1 is 1.39 bits per heavy atom. The molecule has 3 aromatic rings. The first-order valence-electron chi connectivity index (χ1n) is 8.50. The number of hydrogen-bond acceptors (Lipinski definition) is 5. The fraction of sp³-hybridized carbons (Fsp3) is 0.263. The van der Waals surface area contributed by atoms with Crippen LogP contribution in [0, 0.1) is 5.82 Å². The van der Waals surface area contributed by atoms with Gasteiger partial charge in [0.2, 0.25) is 5.91 Å². The second-order valence-electron chi connectivity index (χ2n) is 6.40. The molecular weight excluding hydrogens is 431 g/mol. The Morgan fingerprint density at radius 2 is 2.14 bits per heavy atom. The highest BCUT2D eigenvalue weighted by atomic mass is 79.9. The molecule has 0 fully saturated rings. The summed E-state index contributed by atoms with van der Waals surface area (Å²) in [5.74, 6) is -1.05. The molecule has 28 heavy (non-hydrogen) atoms. The van der Waals surface area contributed by atoms with Gasteiger partial charge in [-0.25, -0.2) is 14.4 Å². The summed E-state index contributed by atoms with van der Waals surface area (Å²) in [6, 6.07) is 5.98. The van der Waals surface area contributed by atoms with E-state index >= 15 is 0 Å². The number of ether oxygens (including phenoxy) is 1. The van der Waals surface area contributed by atoms with Gasteiger partial charge < -0.3 is 10.1 Å². The lowest BCUT2D eigenvalue weighted by Gasteiger charge is -2.15. The molecule has 7 nitrogen and oxygen atoms in total. The molecule has 0 spiro atoms. The molecule has 146 valence electrons. The number of nitrogens with zero attached hydrogens (tertiary/aromatic N) is 3. The van der Waals surface area contributed by atoms with Crippen molar-refractivity contribution in [2.24, 2.45) is 0 Å². The van der Waals surface area contributed by atoms with Gasteiger partial charge in [-0.15, -0.1) is 0 Å². The lowest BCUT2D eigenvalue weighted by Crippen LogP contribution is -2.37. The number of pyridine rings is 1. The van der Waals surface area contributed by atoms with Crippen molar-refractivity contribution >= 4 is 32.9 Å². The van der Waals surface area contributed by atoms with Gasteiger partial charge in [0.1, 0.15) is 12.4 Å². The van der Waals surface area contributed by atoms with Crippen LogP contribution in [0.15, 0.2) is 39.7 Å². The van der Waals surface area contributed by atoms with Crippen LogP contribution in [0.25, 0.3) is 22.4 Å². The molecule has 0 atom stereocenters. The van der Waals surface area contributed by atoms with Crippen LogP contribution in [0.1, 0.15) is 13.8 Å². The minimum Gasteiger partial charge on any atom is -0.494 e. The molecule has 0 saturated carbocycles. The van der Waals surface area contributed by atoms with E-state index in [1.807, 2.05) is 13.8 Å². The van der Waals surface area contributed by atoms with Crippen molar-refractivity contribution in [1.82, 2.24) is 19.9 Å². The zero-order valence-corrected chi connectivity index (χ0v) is 17.1. The van der Waals surface area contributed by atoms with Gasteiger partial charge in [-0.3, -0.25) is 14.2 Å². The van der Waals surface area contributed by atoms with Gasteiger partial charge in [-0.05, 0) is 48.0 Å². The molecule has 3 rings (SSSR count). The minimum atomic E-state index is -0.675. The lowest BCUT2D eigenvalue weighted by molar-refractivity contribution is -0.122. The molecule has 0 aliphatic heterocycles. The molecule has 1 N–H and O–H groups in total. The molecule has 1 amide bonds. The van der Waals surface area contributed by atoms with E-state index in [0.717, 1.165) is 4.57 Å². The molecule has 2 aromatic heterocycles. The third-order valence-electron chi connectivity index (χ3n) is 3.95. The van der Waals surface area contributed by atoms with Crippen molar-refractivity contribution in [3.05, 3.63) is 51.1 Å². The van der Waals surface area contributed by atoms with Gasteiger partial charge in [0.15, 0.2) is 17.2 Å². The Bertz CT molecular complexity index is 1110. The van der Waals surface area contributed by atoms with Gasteiger partial charge in [0.25, 0.3) is 5.56 Å². The molecule has 0 aliphatic carbocycles. The monoisotopic (exact) mass is 448 g/mol. The van der Waals surface area contributed by atoms with Gasteiger partial charge in [-0.2, -0.15) is 0 Å². The van der Waals surface area contributed by atoms with Crippen LogP contribution in [-0.2, 0) is 11.3 Å². The fourth-order valence-corrected chi connectivity index (χ4v) is 3.12. The third kappa shape index (κ3) is 3.89. The van der Waals surface area contributed by atoms with Crippen molar-refractivity contribution in [3.63, 3.8) is 0 Å². The first-order chi connectivity index (χ1) is 13.3. The zero-order chi connectivity index (χ0) is 20.4. The van der Waals surface area contributed by atoms with Crippen molar-refractivity contribution in [2.75, 3.05) is 7.11 Å². The SMILES string of the molecule is COc1cccc(-c2nc3ncc(Br)cc3c(=O)n2CC(=O)NC(C)C)c1F. The van der Waals surface area contributed by atoms with Gasteiger partial charge in [-0.1, -0.05) is 6.07 Å². The highest BCUT2D eigenvalue weighted by Gasteiger charge is 2.20. The fourth-order valence-electron chi connectivity index (χ4n) is 2.79. The number of amides is 1. The quantitative estimate of drug-likeness (QED) is 0.648. The number of carbonyl (C=O) groups excluding carboxylic acids is 1. The van der Waals surface area contributed by atoms with E-state index in [1.165, 1.54) is 25.4 Å². The zero-order valence-electron chi connectivity index (χ0n) is 15.5. The number of halogens is 2. The van der Waals surface area contributed by atoms with Crippen LogP contribution in [-0.4, -0.2) is 33.6 Å². The summed E-state index contributed by atoms with van der Waals surface area (Å²) in [7, 11) is 1.35. The smallest absolute Gasteiger partial charge is 0.263 e. The molecule has 0 unspecified atom stereocenters. The van der Waals surface area contributed by atoms with E-state index in [0.29, 0.717) is 4.47 Å². The van der Waals surface area contributed by atoms with Crippen molar-refractivity contribution in [1.29, 1.82) is 0 Å². The normalized spacial score (nSPS) is 11.1. The number of hydrogen-bond donors (Lipinski definition) is 1. The van der Waals surface area contributed by atoms with E-state index < -0.39 is 11.4 Å². The number of carbonyl (C=O) groups is 1. The van der Waals surface area contributed by atoms with Crippen molar-refractivity contribution < 1.29 is 13.9 Å². The minimum absolute atomic E-state index is 0.00243. The Balaban J connectivity index is 2.28. The van der Waals surface area contributed by atoms with E-state index in [9.17, 15) is 14.0 Å². The standard InChI is InChI=1S/C19H18BrFN4O3/c1-10(2)23-15(26)9-25-18(12-5-4-6-14(28-3)16(12)21)24-17-13(19(25)27)7-11(20)8-22-17/h4-8,10H,9H2,1-3H3,(H,23,26). The average molecular weight is 449 g/mol. The van der Waals surface area contributed by atoms with E-state index in [2.05, 4.69) is 31.2 Å². The van der Waals surface area contributed by atoms with Gasteiger partial charge in [0.05, 0.1) is 18.1 Å². The summed E-state index contributed by atoms with van der Waals surface area (Å²) < 4.78 is 21.6. The Labute approximate surface area is 168 Å². The van der Waals surface area contributed by atoms with Crippen molar-refractivity contribution in [3.8, 4) is 17.1 Å². The van der Waals surface area contributed by atoms with E-state index in [-0.39, 0.29) is 46.7 Å². The van der Waals surface area contributed by atoms with Crippen LogP contribution >= 0.6 is 15.9 Å². The molecule has 0 saturated heterocycles. The summed E-state index contributed by atoms with van der Waals surface area (Å²) in [6.07, 6.45) is 1.50. The first-order valence-corrected chi connectivity index (χ1v) is 9.29. The molecule has 9 heteroatoms. The number of rotatable bonds is 5. The summed E-state index contributed by atoms with van der Waals surface area (Å²) in [5, 5.41) is 2.95. The highest BCUT2D eigenvalue weighted by molar-refractivity contribution is 9.10. The molecule has 2 heterocycles. The van der Waals surface area contributed by atoms with Crippen LogP contribution < -0.4 is 15.6 Å². The number of nitrogens with one attached hydrogen (secondary N) is 1. The summed E-state index contributed by atoms with van der Waals surface area (Å²) in [4.78, 5) is 33.9. The summed E-state index contributed by atoms with van der Waals surface area (Å²) in [5.41, 5.74) is -0.290. The maximum absolute atomic E-state index is 14.9. The topological polar surface area (TPSA) is 86.1 Å². The predicted molar refractivity (Wildman–Crippen MR) is 107 cm³/mol. The van der Waals surface area contributed by atoms with Gasteiger partial charge in [0, 0.05) is 16.7 Å². The predicted octanol–water partition coefficient (Wildman–Crippen LogP) is 2.89. The van der Waals surface area contributed by atoms with Crippen molar-refractivity contribution in [2.45, 2.75) is 26.4 Å². The Morgan fingerprint density at radius 3 is 2.82 bits per heavy atom. The van der Waals surface area contributed by atoms with E-state index in [1.54, 1.807) is 12.1 Å². The first kappa shape index (κ1) is 19.9. The maximum Gasteiger partial charge on any atom is 0.263 e. The Hall–Kier alpha value is -2.81. The lowest BCUT2D eigenvalue weighted by atomic mass is 10.1. The number of methoxy groups -OCH3 is 1. The molecule has 1 aromatic carbocycles. The molecular formula is C19H18BrFN4O3. The van der Waals surface area contributed by atoms with Crippen LogP contribution in [0.4, 0.5) is 4.39 Å². The highest BCUT2D eigenvalue weighted by Crippen LogP contribution is 2.28. The molecule has 0 aliphatic rings. The Kier molecular flexibility index (Phi) is 5.73. The largest absolute Gasteiger partial charge is 0.494 e. The second kappa shape index (κ2) is 8.05. The summed E-state index contributed by atoms with van der Waals surface area (Å²) in [6.45, 7) is 3.31. The average Bonchev–Trinajstić information content (AvgIpc) is 2.64. The number of aromatic nitrogens is 3. The summed E-state index contributed by atoms with van der Waals surface area (Å²) >= 11 is 3.27. The van der Waals surface area contributed by atoms with Crippen LogP contribution in [0.5, 0.6) is 5.75 Å². The second-order valence-corrected chi connectivity index (χ2v) is 7.31. The van der Waals surface area contributed by atoms with Crippen LogP contribution in [0.3, 0.4) is 0 Å².